The van der Waals surface area contributed by atoms with Crippen molar-refractivity contribution in [3.05, 3.63) is 48.3 Å². The zero-order chi connectivity index (χ0) is 18.1. The highest BCUT2D eigenvalue weighted by Crippen LogP contribution is 2.32. The highest BCUT2D eigenvalue weighted by molar-refractivity contribution is 7.89. The van der Waals surface area contributed by atoms with Crippen molar-refractivity contribution in [1.82, 2.24) is 19.4 Å². The summed E-state index contributed by atoms with van der Waals surface area (Å²) in [4.78, 5) is 13.0. The molecule has 1 amide bonds. The van der Waals surface area contributed by atoms with Crippen molar-refractivity contribution in [3.63, 3.8) is 0 Å². The topological polar surface area (TPSA) is 84.3 Å². The number of aryl methyl sites for hydroxylation is 1. The van der Waals surface area contributed by atoms with Gasteiger partial charge in [-0.1, -0.05) is 18.2 Å². The molecule has 1 saturated heterocycles. The van der Waals surface area contributed by atoms with E-state index >= 15 is 0 Å². The van der Waals surface area contributed by atoms with Crippen molar-refractivity contribution in [2.45, 2.75) is 30.2 Å². The van der Waals surface area contributed by atoms with Gasteiger partial charge in [0.15, 0.2) is 5.54 Å². The summed E-state index contributed by atoms with van der Waals surface area (Å²) in [5.74, 6) is -0.235. The molecule has 7 nitrogen and oxygen atoms in total. The Balaban J connectivity index is 2.02. The van der Waals surface area contributed by atoms with Crippen molar-refractivity contribution >= 4 is 15.9 Å². The maximum absolute atomic E-state index is 13.1. The fourth-order valence-corrected chi connectivity index (χ4v) is 5.18. The van der Waals surface area contributed by atoms with Crippen molar-refractivity contribution < 1.29 is 13.2 Å². The SMILES string of the molecule is CNC(=O)C1(n2cccn2)CCCN(S(=O)(=O)c2ccccc2C)C1. The highest BCUT2D eigenvalue weighted by Gasteiger charge is 2.47. The second-order valence-electron chi connectivity index (χ2n) is 6.27. The molecule has 0 bridgehead atoms. The molecule has 1 fully saturated rings. The van der Waals surface area contributed by atoms with E-state index in [1.54, 1.807) is 55.3 Å². The molecule has 0 aliphatic carbocycles. The molecule has 8 heteroatoms. The van der Waals surface area contributed by atoms with Crippen molar-refractivity contribution in [2.75, 3.05) is 20.1 Å². The second kappa shape index (κ2) is 6.61. The molecule has 134 valence electrons. The van der Waals surface area contributed by atoms with Gasteiger partial charge in [-0.2, -0.15) is 9.40 Å². The number of hydrogen-bond acceptors (Lipinski definition) is 4. The van der Waals surface area contributed by atoms with Gasteiger partial charge in [-0.3, -0.25) is 9.48 Å². The number of piperidine rings is 1. The maximum atomic E-state index is 13.1. The number of benzene rings is 1. The molecule has 1 aromatic carbocycles. The van der Waals surface area contributed by atoms with E-state index in [1.165, 1.54) is 4.31 Å². The molecule has 25 heavy (non-hydrogen) atoms. The third kappa shape index (κ3) is 2.96. The van der Waals surface area contributed by atoms with Gasteiger partial charge in [0.2, 0.25) is 15.9 Å². The van der Waals surface area contributed by atoms with E-state index in [9.17, 15) is 13.2 Å². The number of rotatable bonds is 4. The van der Waals surface area contributed by atoms with Gasteiger partial charge in [0.1, 0.15) is 0 Å². The Hall–Kier alpha value is -2.19. The third-order valence-electron chi connectivity index (χ3n) is 4.74. The van der Waals surface area contributed by atoms with Crippen LogP contribution in [0.3, 0.4) is 0 Å². The van der Waals surface area contributed by atoms with E-state index in [2.05, 4.69) is 10.4 Å². The van der Waals surface area contributed by atoms with Gasteiger partial charge in [0, 0.05) is 32.5 Å². The summed E-state index contributed by atoms with van der Waals surface area (Å²) in [5.41, 5.74) is -0.343. The quantitative estimate of drug-likeness (QED) is 0.883. The Kier molecular flexibility index (Phi) is 4.66. The maximum Gasteiger partial charge on any atom is 0.249 e. The smallest absolute Gasteiger partial charge is 0.249 e. The molecule has 0 spiro atoms. The standard InChI is InChI=1S/C17H22N4O3S/c1-14-7-3-4-8-15(14)25(23,24)20-11-5-9-17(13-20,16(22)18-2)21-12-6-10-19-21/h3-4,6-8,10,12H,5,9,11,13H2,1-2H3,(H,18,22). The van der Waals surface area contributed by atoms with Crippen LogP contribution in [-0.4, -0.2) is 48.5 Å². The molecule has 0 saturated carbocycles. The van der Waals surface area contributed by atoms with Crippen molar-refractivity contribution in [2.24, 2.45) is 0 Å². The van der Waals surface area contributed by atoms with Gasteiger partial charge in [-0.25, -0.2) is 8.42 Å². The minimum Gasteiger partial charge on any atom is -0.357 e. The largest absolute Gasteiger partial charge is 0.357 e. The fraction of sp³-hybridized carbons (Fsp3) is 0.412. The van der Waals surface area contributed by atoms with E-state index in [0.717, 1.165) is 0 Å². The molecular weight excluding hydrogens is 340 g/mol. The molecule has 1 unspecified atom stereocenters. The first-order valence-electron chi connectivity index (χ1n) is 8.20. The average Bonchev–Trinajstić information content (AvgIpc) is 3.16. The number of likely N-dealkylation sites (N-methyl/N-ethyl adjacent to an activating group) is 1. The van der Waals surface area contributed by atoms with Crippen molar-refractivity contribution in [3.8, 4) is 0 Å². The summed E-state index contributed by atoms with van der Waals surface area (Å²) in [6.45, 7) is 2.22. The van der Waals surface area contributed by atoms with Crippen LogP contribution in [0, 0.1) is 6.92 Å². The van der Waals surface area contributed by atoms with Crippen LogP contribution in [0.1, 0.15) is 18.4 Å². The zero-order valence-electron chi connectivity index (χ0n) is 14.3. The van der Waals surface area contributed by atoms with Crippen LogP contribution in [0.25, 0.3) is 0 Å². The average molecular weight is 362 g/mol. The number of sulfonamides is 1. The summed E-state index contributed by atoms with van der Waals surface area (Å²) in [6, 6.07) is 8.64. The van der Waals surface area contributed by atoms with Crippen LogP contribution < -0.4 is 5.32 Å². The molecule has 2 heterocycles. The Labute approximate surface area is 147 Å². The zero-order valence-corrected chi connectivity index (χ0v) is 15.2. The number of amides is 1. The van der Waals surface area contributed by atoms with E-state index in [4.69, 9.17) is 0 Å². The van der Waals surface area contributed by atoms with Gasteiger partial charge in [0.25, 0.3) is 0 Å². The minimum atomic E-state index is -3.68. The van der Waals surface area contributed by atoms with Gasteiger partial charge in [-0.15, -0.1) is 0 Å². The lowest BCUT2D eigenvalue weighted by molar-refractivity contribution is -0.132. The Morgan fingerprint density at radius 1 is 1.28 bits per heavy atom. The van der Waals surface area contributed by atoms with E-state index in [-0.39, 0.29) is 17.3 Å². The summed E-state index contributed by atoms with van der Waals surface area (Å²) in [5, 5.41) is 6.89. The fourth-order valence-electron chi connectivity index (χ4n) is 3.42. The third-order valence-corrected chi connectivity index (χ3v) is 6.75. The number of aromatic nitrogens is 2. The predicted octanol–water partition coefficient (Wildman–Crippen LogP) is 1.12. The molecule has 1 N–H and O–H groups in total. The number of nitrogens with zero attached hydrogens (tertiary/aromatic N) is 3. The second-order valence-corrected chi connectivity index (χ2v) is 8.18. The van der Waals surface area contributed by atoms with E-state index < -0.39 is 15.6 Å². The van der Waals surface area contributed by atoms with E-state index in [1.807, 2.05) is 6.07 Å². The van der Waals surface area contributed by atoms with Crippen molar-refractivity contribution in [1.29, 1.82) is 0 Å². The number of carbonyl (C=O) groups excluding carboxylic acids is 1. The summed E-state index contributed by atoms with van der Waals surface area (Å²) in [7, 11) is -2.13. The van der Waals surface area contributed by atoms with Crippen LogP contribution in [0.4, 0.5) is 0 Å². The highest BCUT2D eigenvalue weighted by atomic mass is 32.2. The Morgan fingerprint density at radius 2 is 2.04 bits per heavy atom. The van der Waals surface area contributed by atoms with E-state index in [0.29, 0.717) is 24.9 Å². The lowest BCUT2D eigenvalue weighted by atomic mass is 9.89. The molecule has 1 aromatic heterocycles. The Morgan fingerprint density at radius 3 is 2.68 bits per heavy atom. The van der Waals surface area contributed by atoms with Gasteiger partial charge in [0.05, 0.1) is 4.90 Å². The van der Waals surface area contributed by atoms with Gasteiger partial charge in [-0.05, 0) is 37.5 Å². The predicted molar refractivity (Wildman–Crippen MR) is 93.4 cm³/mol. The molecule has 1 aliphatic rings. The molecule has 2 aromatic rings. The first-order chi connectivity index (χ1) is 11.9. The summed E-state index contributed by atoms with van der Waals surface area (Å²) >= 11 is 0. The monoisotopic (exact) mass is 362 g/mol. The van der Waals surface area contributed by atoms with Crippen LogP contribution in [0.5, 0.6) is 0 Å². The van der Waals surface area contributed by atoms with Crippen LogP contribution in [0.2, 0.25) is 0 Å². The molecule has 1 atom stereocenters. The summed E-state index contributed by atoms with van der Waals surface area (Å²) < 4.78 is 29.3. The van der Waals surface area contributed by atoms with Gasteiger partial charge >= 0.3 is 0 Å². The molecular formula is C17H22N4O3S. The number of carbonyl (C=O) groups is 1. The van der Waals surface area contributed by atoms with Crippen LogP contribution >= 0.6 is 0 Å². The molecule has 0 radical (unpaired) electrons. The lowest BCUT2D eigenvalue weighted by Crippen LogP contribution is -2.59. The number of hydrogen-bond donors (Lipinski definition) is 1. The van der Waals surface area contributed by atoms with Gasteiger partial charge < -0.3 is 5.32 Å². The lowest BCUT2D eigenvalue weighted by Gasteiger charge is -2.40. The molecule has 3 rings (SSSR count). The minimum absolute atomic E-state index is 0.0605. The number of nitrogens with one attached hydrogen (secondary N) is 1. The first-order valence-corrected chi connectivity index (χ1v) is 9.64. The molecule has 1 aliphatic heterocycles. The van der Waals surface area contributed by atoms with Crippen LogP contribution in [0.15, 0.2) is 47.6 Å². The Bertz CT molecular complexity index is 864. The van der Waals surface area contributed by atoms with Crippen LogP contribution in [-0.2, 0) is 20.4 Å². The first kappa shape index (κ1) is 17.6. The normalized spacial score (nSPS) is 21.8. The summed E-state index contributed by atoms with van der Waals surface area (Å²) in [6.07, 6.45) is 4.42.